The number of hydrogen-bond acceptors (Lipinski definition) is 5. The van der Waals surface area contributed by atoms with E-state index in [9.17, 15) is 4.79 Å². The van der Waals surface area contributed by atoms with Crippen LogP contribution in [0.25, 0.3) is 0 Å². The standard InChI is InChI=1S/C18H24N4OS.2ClH/c1-18(2,3)17-21-14(12-24-17)9-16(23)22-8-7-20-11-15(22)13-5-4-6-19-10-13;;/h4-6,10,12,15,20H,7-9,11H2,1-3H3;2*1H. The number of nitrogens with one attached hydrogen (secondary N) is 1. The molecule has 2 aromatic heterocycles. The Kier molecular flexibility index (Phi) is 8.47. The van der Waals surface area contributed by atoms with Crippen LogP contribution in [0.1, 0.15) is 43.1 Å². The third-order valence-electron chi connectivity index (χ3n) is 4.16. The summed E-state index contributed by atoms with van der Waals surface area (Å²) in [6.45, 7) is 8.74. The van der Waals surface area contributed by atoms with Crippen molar-refractivity contribution in [3.63, 3.8) is 0 Å². The molecule has 0 saturated carbocycles. The van der Waals surface area contributed by atoms with Crippen LogP contribution in [-0.4, -0.2) is 40.4 Å². The summed E-state index contributed by atoms with van der Waals surface area (Å²) < 4.78 is 0. The Bertz CT molecular complexity index is 703. The van der Waals surface area contributed by atoms with Gasteiger partial charge in [0.2, 0.25) is 5.91 Å². The average Bonchev–Trinajstić information content (AvgIpc) is 3.04. The fourth-order valence-electron chi connectivity index (χ4n) is 2.86. The van der Waals surface area contributed by atoms with Gasteiger partial charge >= 0.3 is 0 Å². The normalized spacial score (nSPS) is 17.2. The fourth-order valence-corrected chi connectivity index (χ4v) is 3.77. The zero-order chi connectivity index (χ0) is 17.2. The second-order valence-electron chi connectivity index (χ2n) is 7.16. The van der Waals surface area contributed by atoms with Gasteiger partial charge in [0.25, 0.3) is 0 Å². The maximum Gasteiger partial charge on any atom is 0.229 e. The second-order valence-corrected chi connectivity index (χ2v) is 8.02. The van der Waals surface area contributed by atoms with Crippen molar-refractivity contribution in [2.45, 2.75) is 38.6 Å². The summed E-state index contributed by atoms with van der Waals surface area (Å²) in [5.74, 6) is 0.135. The number of halogens is 2. The molecule has 0 aromatic carbocycles. The summed E-state index contributed by atoms with van der Waals surface area (Å²) >= 11 is 1.64. The topological polar surface area (TPSA) is 58.1 Å². The van der Waals surface area contributed by atoms with E-state index in [1.165, 1.54) is 0 Å². The highest BCUT2D eigenvalue weighted by Gasteiger charge is 2.28. The molecule has 0 spiro atoms. The Balaban J connectivity index is 0.00000169. The highest BCUT2D eigenvalue weighted by Crippen LogP contribution is 2.27. The molecule has 1 N–H and O–H groups in total. The van der Waals surface area contributed by atoms with E-state index in [1.54, 1.807) is 17.5 Å². The molecule has 1 aliphatic rings. The van der Waals surface area contributed by atoms with E-state index in [-0.39, 0.29) is 42.2 Å². The molecule has 1 aliphatic heterocycles. The number of piperazine rings is 1. The molecule has 1 fully saturated rings. The van der Waals surface area contributed by atoms with Gasteiger partial charge in [-0.3, -0.25) is 9.78 Å². The lowest BCUT2D eigenvalue weighted by atomic mass is 9.98. The number of amides is 1. The minimum absolute atomic E-state index is 0. The molecule has 1 atom stereocenters. The SMILES string of the molecule is CC(C)(C)c1nc(CC(=O)N2CCNCC2c2cccnc2)cs1.Cl.Cl. The molecule has 0 bridgehead atoms. The Morgan fingerprint density at radius 1 is 1.38 bits per heavy atom. The van der Waals surface area contributed by atoms with Crippen LogP contribution in [0.15, 0.2) is 29.9 Å². The Morgan fingerprint density at radius 2 is 2.15 bits per heavy atom. The van der Waals surface area contributed by atoms with Crippen LogP contribution in [0.5, 0.6) is 0 Å². The first-order chi connectivity index (χ1) is 11.4. The quantitative estimate of drug-likeness (QED) is 0.832. The minimum atomic E-state index is 0. The van der Waals surface area contributed by atoms with E-state index in [4.69, 9.17) is 0 Å². The molecule has 3 rings (SSSR count). The lowest BCUT2D eigenvalue weighted by Crippen LogP contribution is -2.49. The van der Waals surface area contributed by atoms with E-state index >= 15 is 0 Å². The van der Waals surface area contributed by atoms with Gasteiger partial charge in [0.15, 0.2) is 0 Å². The van der Waals surface area contributed by atoms with Gasteiger partial charge in [0.05, 0.1) is 23.2 Å². The number of pyridine rings is 1. The number of aromatic nitrogens is 2. The average molecular weight is 417 g/mol. The number of carbonyl (C=O) groups is 1. The Hall–Kier alpha value is -1.21. The first kappa shape index (κ1) is 22.8. The van der Waals surface area contributed by atoms with Gasteiger partial charge in [0, 0.05) is 42.8 Å². The summed E-state index contributed by atoms with van der Waals surface area (Å²) in [6.07, 6.45) is 3.97. The summed E-state index contributed by atoms with van der Waals surface area (Å²) in [6, 6.07) is 3.99. The number of thiazole rings is 1. The second kappa shape index (κ2) is 9.65. The van der Waals surface area contributed by atoms with Crippen LogP contribution in [0.2, 0.25) is 0 Å². The molecule has 3 heterocycles. The van der Waals surface area contributed by atoms with Crippen molar-refractivity contribution in [3.05, 3.63) is 46.2 Å². The molecule has 0 radical (unpaired) electrons. The van der Waals surface area contributed by atoms with Crippen LogP contribution >= 0.6 is 36.2 Å². The molecule has 8 heteroatoms. The molecule has 1 unspecified atom stereocenters. The fraction of sp³-hybridized carbons (Fsp3) is 0.500. The number of carbonyl (C=O) groups excluding carboxylic acids is 1. The number of nitrogens with zero attached hydrogens (tertiary/aromatic N) is 3. The third-order valence-corrected chi connectivity index (χ3v) is 5.48. The van der Waals surface area contributed by atoms with Crippen molar-refractivity contribution in [1.29, 1.82) is 0 Å². The van der Waals surface area contributed by atoms with Gasteiger partial charge < -0.3 is 10.2 Å². The molecule has 144 valence electrons. The largest absolute Gasteiger partial charge is 0.333 e. The van der Waals surface area contributed by atoms with Crippen molar-refractivity contribution >= 4 is 42.1 Å². The van der Waals surface area contributed by atoms with E-state index in [1.807, 2.05) is 28.6 Å². The smallest absolute Gasteiger partial charge is 0.229 e. The van der Waals surface area contributed by atoms with Crippen LogP contribution in [0, 0.1) is 0 Å². The van der Waals surface area contributed by atoms with E-state index in [0.717, 1.165) is 29.4 Å². The number of hydrogen-bond donors (Lipinski definition) is 1. The molecule has 2 aromatic rings. The van der Waals surface area contributed by atoms with Crippen molar-refractivity contribution < 1.29 is 4.79 Å². The van der Waals surface area contributed by atoms with Crippen molar-refractivity contribution in [2.24, 2.45) is 0 Å². The highest BCUT2D eigenvalue weighted by molar-refractivity contribution is 7.09. The summed E-state index contributed by atoms with van der Waals surface area (Å²) in [4.78, 5) is 23.7. The first-order valence-electron chi connectivity index (χ1n) is 8.30. The van der Waals surface area contributed by atoms with Gasteiger partial charge in [-0.05, 0) is 11.6 Å². The van der Waals surface area contributed by atoms with Crippen LogP contribution in [-0.2, 0) is 16.6 Å². The monoisotopic (exact) mass is 416 g/mol. The van der Waals surface area contributed by atoms with Crippen molar-refractivity contribution in [1.82, 2.24) is 20.2 Å². The van der Waals surface area contributed by atoms with Gasteiger partial charge in [-0.1, -0.05) is 26.8 Å². The molecule has 1 amide bonds. The van der Waals surface area contributed by atoms with E-state index in [0.29, 0.717) is 13.0 Å². The first-order valence-corrected chi connectivity index (χ1v) is 9.18. The van der Waals surface area contributed by atoms with E-state index in [2.05, 4.69) is 36.1 Å². The van der Waals surface area contributed by atoms with Gasteiger partial charge in [-0.25, -0.2) is 4.98 Å². The zero-order valence-electron chi connectivity index (χ0n) is 15.3. The van der Waals surface area contributed by atoms with Crippen LogP contribution in [0.3, 0.4) is 0 Å². The zero-order valence-corrected chi connectivity index (χ0v) is 17.7. The molecule has 1 saturated heterocycles. The predicted octanol–water partition coefficient (Wildman–Crippen LogP) is 3.39. The number of rotatable bonds is 3. The van der Waals surface area contributed by atoms with Gasteiger partial charge in [-0.2, -0.15) is 0 Å². The van der Waals surface area contributed by atoms with Crippen LogP contribution < -0.4 is 5.32 Å². The lowest BCUT2D eigenvalue weighted by Gasteiger charge is -2.36. The Morgan fingerprint density at radius 3 is 2.77 bits per heavy atom. The maximum atomic E-state index is 12.9. The Labute approximate surface area is 171 Å². The lowest BCUT2D eigenvalue weighted by molar-refractivity contribution is -0.133. The van der Waals surface area contributed by atoms with Crippen LogP contribution in [0.4, 0.5) is 0 Å². The van der Waals surface area contributed by atoms with E-state index < -0.39 is 0 Å². The summed E-state index contributed by atoms with van der Waals surface area (Å²) in [7, 11) is 0. The van der Waals surface area contributed by atoms with Gasteiger partial charge in [0.1, 0.15) is 0 Å². The molecular weight excluding hydrogens is 391 g/mol. The highest BCUT2D eigenvalue weighted by atomic mass is 35.5. The van der Waals surface area contributed by atoms with Gasteiger partial charge in [-0.15, -0.1) is 36.2 Å². The molecule has 5 nitrogen and oxygen atoms in total. The summed E-state index contributed by atoms with van der Waals surface area (Å²) in [5, 5.41) is 6.46. The maximum absolute atomic E-state index is 12.9. The van der Waals surface area contributed by atoms with Crippen molar-refractivity contribution in [2.75, 3.05) is 19.6 Å². The molecule has 0 aliphatic carbocycles. The predicted molar refractivity (Wildman–Crippen MR) is 111 cm³/mol. The molecule has 26 heavy (non-hydrogen) atoms. The van der Waals surface area contributed by atoms with Crippen molar-refractivity contribution in [3.8, 4) is 0 Å². The third kappa shape index (κ3) is 5.39. The summed E-state index contributed by atoms with van der Waals surface area (Å²) in [5.41, 5.74) is 1.98. The molecular formula is C18H26Cl2N4OS. The minimum Gasteiger partial charge on any atom is -0.333 e.